The highest BCUT2D eigenvalue weighted by Crippen LogP contribution is 2.28. The lowest BCUT2D eigenvalue weighted by Crippen LogP contribution is -2.27. The third-order valence-corrected chi connectivity index (χ3v) is 2.85. The van der Waals surface area contributed by atoms with E-state index in [1.807, 2.05) is 0 Å². The number of benzene rings is 1. The molecule has 0 bridgehead atoms. The van der Waals surface area contributed by atoms with Gasteiger partial charge in [0, 0.05) is 6.20 Å². The van der Waals surface area contributed by atoms with E-state index in [2.05, 4.69) is 9.47 Å². The van der Waals surface area contributed by atoms with Gasteiger partial charge in [-0.1, -0.05) is 0 Å². The van der Waals surface area contributed by atoms with Crippen molar-refractivity contribution >= 4 is 11.8 Å². The molecule has 0 aliphatic rings. The normalized spacial score (nSPS) is 11.9. The molecule has 0 radical (unpaired) electrons. The van der Waals surface area contributed by atoms with Crippen molar-refractivity contribution in [1.29, 1.82) is 0 Å². The summed E-state index contributed by atoms with van der Waals surface area (Å²) in [5.41, 5.74) is -2.16. The SMILES string of the molecule is CCOC(=O)/C(=C/NCC(F)(F)F)C(=O)c1cc(F)c(F)c(OC)c1F. The molecule has 0 aromatic heterocycles. The number of alkyl halides is 3. The van der Waals surface area contributed by atoms with Crippen molar-refractivity contribution in [2.45, 2.75) is 13.1 Å². The molecule has 0 atom stereocenters. The molecule has 0 saturated carbocycles. The predicted octanol–water partition coefficient (Wildman–Crippen LogP) is 2.89. The summed E-state index contributed by atoms with van der Waals surface area (Å²) in [7, 11) is 0.808. The highest BCUT2D eigenvalue weighted by Gasteiger charge is 2.30. The number of carbonyl (C=O) groups excluding carboxylic acids is 2. The number of nitrogens with one attached hydrogen (secondary N) is 1. The Balaban J connectivity index is 3.35. The first kappa shape index (κ1) is 21.3. The van der Waals surface area contributed by atoms with Crippen LogP contribution in [0.25, 0.3) is 0 Å². The summed E-state index contributed by atoms with van der Waals surface area (Å²) < 4.78 is 86.5. The fourth-order valence-corrected chi connectivity index (χ4v) is 1.76. The van der Waals surface area contributed by atoms with Crippen LogP contribution >= 0.6 is 0 Å². The molecule has 0 spiro atoms. The molecule has 0 unspecified atom stereocenters. The highest BCUT2D eigenvalue weighted by molar-refractivity contribution is 6.24. The van der Waals surface area contributed by atoms with E-state index in [9.17, 15) is 35.9 Å². The molecule has 0 saturated heterocycles. The Morgan fingerprint density at radius 2 is 1.81 bits per heavy atom. The van der Waals surface area contributed by atoms with Crippen molar-refractivity contribution < 1.29 is 45.4 Å². The Kier molecular flexibility index (Phi) is 7.04. The van der Waals surface area contributed by atoms with Crippen molar-refractivity contribution in [3.63, 3.8) is 0 Å². The fraction of sp³-hybridized carbons (Fsp3) is 0.333. The number of halogens is 6. The molecular weight excluding hydrogens is 372 g/mol. The van der Waals surface area contributed by atoms with Crippen LogP contribution in [0.5, 0.6) is 5.75 Å². The molecule has 0 aliphatic heterocycles. The second-order valence-corrected chi connectivity index (χ2v) is 4.67. The second kappa shape index (κ2) is 8.59. The van der Waals surface area contributed by atoms with Crippen molar-refractivity contribution in [3.05, 3.63) is 40.9 Å². The number of ketones is 1. The average molecular weight is 385 g/mol. The maximum Gasteiger partial charge on any atom is 0.405 e. The predicted molar refractivity (Wildman–Crippen MR) is 76.0 cm³/mol. The van der Waals surface area contributed by atoms with Crippen LogP contribution in [0, 0.1) is 17.5 Å². The molecule has 1 N–H and O–H groups in total. The van der Waals surface area contributed by atoms with Crippen LogP contribution in [0.15, 0.2) is 17.8 Å². The summed E-state index contributed by atoms with van der Waals surface area (Å²) >= 11 is 0. The lowest BCUT2D eigenvalue weighted by molar-refractivity contribution is -0.138. The van der Waals surface area contributed by atoms with Crippen molar-refractivity contribution in [3.8, 4) is 5.75 Å². The molecule has 26 heavy (non-hydrogen) atoms. The molecule has 0 aliphatic carbocycles. The molecule has 5 nitrogen and oxygen atoms in total. The van der Waals surface area contributed by atoms with Gasteiger partial charge in [0.1, 0.15) is 12.1 Å². The summed E-state index contributed by atoms with van der Waals surface area (Å²) in [6, 6.07) is 0.159. The average Bonchev–Trinajstić information content (AvgIpc) is 2.54. The molecule has 144 valence electrons. The summed E-state index contributed by atoms with van der Waals surface area (Å²) in [6.07, 6.45) is -4.31. The van der Waals surface area contributed by atoms with E-state index in [0.717, 1.165) is 7.11 Å². The van der Waals surface area contributed by atoms with E-state index in [-0.39, 0.29) is 12.7 Å². The molecule has 1 aromatic carbocycles. The zero-order chi connectivity index (χ0) is 20.1. The van der Waals surface area contributed by atoms with E-state index < -0.39 is 58.8 Å². The Labute approximate surface area is 143 Å². The lowest BCUT2D eigenvalue weighted by Gasteiger charge is -2.12. The van der Waals surface area contributed by atoms with Crippen LogP contribution in [0.4, 0.5) is 26.3 Å². The van der Waals surface area contributed by atoms with Gasteiger partial charge in [0.25, 0.3) is 0 Å². The van der Waals surface area contributed by atoms with Crippen LogP contribution in [-0.4, -0.2) is 38.2 Å². The number of methoxy groups -OCH3 is 1. The molecule has 1 rings (SSSR count). The van der Waals surface area contributed by atoms with Crippen LogP contribution in [0.1, 0.15) is 17.3 Å². The molecule has 0 amide bonds. The van der Waals surface area contributed by atoms with E-state index in [0.29, 0.717) is 6.20 Å². The minimum atomic E-state index is -4.67. The minimum Gasteiger partial charge on any atom is -0.491 e. The van der Waals surface area contributed by atoms with Gasteiger partial charge in [-0.15, -0.1) is 0 Å². The Bertz CT molecular complexity index is 730. The Morgan fingerprint density at radius 1 is 1.19 bits per heavy atom. The smallest absolute Gasteiger partial charge is 0.405 e. The van der Waals surface area contributed by atoms with Crippen LogP contribution in [0.2, 0.25) is 0 Å². The summed E-state index contributed by atoms with van der Waals surface area (Å²) in [6.45, 7) is -0.497. The molecular formula is C15H13F6NO4. The van der Waals surface area contributed by atoms with Gasteiger partial charge >= 0.3 is 12.1 Å². The number of rotatable bonds is 7. The standard InChI is InChI=1S/C15H13F6NO4/c1-3-26-14(24)8(5-22-6-15(19,20)21)12(23)7-4-9(16)11(18)13(25-2)10(7)17/h4-5,22H,3,6H2,1-2H3/b8-5+. The van der Waals surface area contributed by atoms with E-state index >= 15 is 0 Å². The van der Waals surface area contributed by atoms with Crippen molar-refractivity contribution in [2.75, 3.05) is 20.3 Å². The van der Waals surface area contributed by atoms with E-state index in [4.69, 9.17) is 0 Å². The number of ether oxygens (including phenoxy) is 2. The molecule has 0 fully saturated rings. The monoisotopic (exact) mass is 385 g/mol. The van der Waals surface area contributed by atoms with E-state index in [1.165, 1.54) is 6.92 Å². The number of Topliss-reactive ketones (excluding diaryl/α,β-unsaturated/α-hetero) is 1. The van der Waals surface area contributed by atoms with Crippen molar-refractivity contribution in [2.24, 2.45) is 0 Å². The van der Waals surface area contributed by atoms with Gasteiger partial charge in [-0.2, -0.15) is 17.6 Å². The third kappa shape index (κ3) is 5.14. The van der Waals surface area contributed by atoms with Gasteiger partial charge in [0.2, 0.25) is 11.6 Å². The van der Waals surface area contributed by atoms with Crippen LogP contribution in [-0.2, 0) is 9.53 Å². The van der Waals surface area contributed by atoms with Gasteiger partial charge in [-0.3, -0.25) is 4.79 Å². The summed E-state index contributed by atoms with van der Waals surface area (Å²) in [5.74, 6) is -9.11. The van der Waals surface area contributed by atoms with Gasteiger partial charge in [0.15, 0.2) is 17.4 Å². The van der Waals surface area contributed by atoms with Gasteiger partial charge in [-0.25, -0.2) is 13.6 Å². The van der Waals surface area contributed by atoms with Gasteiger partial charge in [0.05, 0.1) is 19.3 Å². The number of esters is 1. The van der Waals surface area contributed by atoms with Crippen LogP contribution in [0.3, 0.4) is 0 Å². The quantitative estimate of drug-likeness (QED) is 0.149. The first-order chi connectivity index (χ1) is 12.0. The maximum absolute atomic E-state index is 14.2. The Hall–Kier alpha value is -2.72. The van der Waals surface area contributed by atoms with Gasteiger partial charge < -0.3 is 14.8 Å². The molecule has 0 heterocycles. The van der Waals surface area contributed by atoms with Crippen LogP contribution < -0.4 is 10.1 Å². The molecule has 1 aromatic rings. The second-order valence-electron chi connectivity index (χ2n) is 4.67. The number of carbonyl (C=O) groups is 2. The van der Waals surface area contributed by atoms with Gasteiger partial charge in [-0.05, 0) is 13.0 Å². The summed E-state index contributed by atoms with van der Waals surface area (Å²) in [5, 5.41) is 1.66. The lowest BCUT2D eigenvalue weighted by atomic mass is 10.0. The largest absolute Gasteiger partial charge is 0.491 e. The third-order valence-electron chi connectivity index (χ3n) is 2.85. The topological polar surface area (TPSA) is 64.6 Å². The molecule has 11 heteroatoms. The highest BCUT2D eigenvalue weighted by atomic mass is 19.4. The van der Waals surface area contributed by atoms with Crippen molar-refractivity contribution in [1.82, 2.24) is 5.32 Å². The first-order valence-corrected chi connectivity index (χ1v) is 6.97. The minimum absolute atomic E-state index is 0.159. The Morgan fingerprint density at radius 3 is 2.31 bits per heavy atom. The fourth-order valence-electron chi connectivity index (χ4n) is 1.76. The van der Waals surface area contributed by atoms with E-state index in [1.54, 1.807) is 5.32 Å². The maximum atomic E-state index is 14.2. The first-order valence-electron chi connectivity index (χ1n) is 6.97. The summed E-state index contributed by atoms with van der Waals surface area (Å²) in [4.78, 5) is 24.1. The number of hydrogen-bond acceptors (Lipinski definition) is 5. The number of hydrogen-bond donors (Lipinski definition) is 1. The zero-order valence-electron chi connectivity index (χ0n) is 13.5. The zero-order valence-corrected chi connectivity index (χ0v) is 13.5.